The minimum atomic E-state index is -0.133. The van der Waals surface area contributed by atoms with E-state index in [1.807, 2.05) is 12.1 Å². The Morgan fingerprint density at radius 3 is 2.69 bits per heavy atom. The van der Waals surface area contributed by atoms with Crippen molar-refractivity contribution in [3.05, 3.63) is 52.3 Å². The van der Waals surface area contributed by atoms with Crippen molar-refractivity contribution in [3.63, 3.8) is 0 Å². The number of amides is 1. The van der Waals surface area contributed by atoms with Crippen molar-refractivity contribution in [1.82, 2.24) is 25.1 Å². The molecule has 1 fully saturated rings. The van der Waals surface area contributed by atoms with Gasteiger partial charge in [0.25, 0.3) is 5.91 Å². The van der Waals surface area contributed by atoms with E-state index in [-0.39, 0.29) is 11.9 Å². The number of carbonyl (C=O) groups is 1. The van der Waals surface area contributed by atoms with Crippen LogP contribution in [0, 0.1) is 0 Å². The van der Waals surface area contributed by atoms with E-state index in [1.54, 1.807) is 29.0 Å². The Bertz CT molecular complexity index is 951. The van der Waals surface area contributed by atoms with Gasteiger partial charge in [-0.15, -0.1) is 15.3 Å². The first kappa shape index (κ1) is 17.1. The van der Waals surface area contributed by atoms with Gasteiger partial charge in [-0.1, -0.05) is 23.2 Å². The molecule has 26 heavy (non-hydrogen) atoms. The van der Waals surface area contributed by atoms with Crippen LogP contribution in [-0.4, -0.2) is 44.8 Å². The molecule has 0 saturated carbocycles. The van der Waals surface area contributed by atoms with Crippen LogP contribution in [-0.2, 0) is 0 Å². The summed E-state index contributed by atoms with van der Waals surface area (Å²) in [6.45, 7) is 1.62. The zero-order chi connectivity index (χ0) is 18.1. The minimum absolute atomic E-state index is 0.117. The zero-order valence-electron chi connectivity index (χ0n) is 13.8. The number of anilines is 1. The third kappa shape index (κ3) is 3.45. The van der Waals surface area contributed by atoms with E-state index in [4.69, 9.17) is 23.2 Å². The molecule has 1 aromatic carbocycles. The number of hydrogen-bond acceptors (Lipinski definition) is 5. The molecule has 1 saturated heterocycles. The lowest BCUT2D eigenvalue weighted by molar-refractivity contribution is 0.0931. The van der Waals surface area contributed by atoms with E-state index < -0.39 is 0 Å². The third-order valence-corrected chi connectivity index (χ3v) is 5.22. The number of aromatic nitrogens is 4. The highest BCUT2D eigenvalue weighted by molar-refractivity contribution is 6.42. The van der Waals surface area contributed by atoms with Crippen molar-refractivity contribution in [2.45, 2.75) is 18.9 Å². The number of hydrogen-bond donors (Lipinski definition) is 1. The van der Waals surface area contributed by atoms with Crippen LogP contribution in [0.3, 0.4) is 0 Å². The Hall–Kier alpha value is -2.38. The normalized spacial score (nSPS) is 15.4. The van der Waals surface area contributed by atoms with Gasteiger partial charge in [0.05, 0.1) is 10.0 Å². The first-order valence-corrected chi connectivity index (χ1v) is 9.04. The SMILES string of the molecule is O=C(NC1CCN(c2ccc3nncn3n2)CC1)c1ccc(Cl)c(Cl)c1. The molecule has 9 heteroatoms. The predicted octanol–water partition coefficient (Wildman–Crippen LogP) is 2.83. The number of carbonyl (C=O) groups excluding carboxylic acids is 1. The molecule has 0 bridgehead atoms. The van der Waals surface area contributed by atoms with Crippen LogP contribution in [0.5, 0.6) is 0 Å². The summed E-state index contributed by atoms with van der Waals surface area (Å²) in [5, 5.41) is 16.2. The molecular weight excluding hydrogens is 375 g/mol. The summed E-state index contributed by atoms with van der Waals surface area (Å²) in [5.41, 5.74) is 1.24. The Kier molecular flexibility index (Phi) is 4.65. The average molecular weight is 391 g/mol. The Balaban J connectivity index is 1.37. The smallest absolute Gasteiger partial charge is 0.251 e. The van der Waals surface area contributed by atoms with Gasteiger partial charge in [-0.2, -0.15) is 4.52 Å². The molecule has 0 spiro atoms. The van der Waals surface area contributed by atoms with Crippen molar-refractivity contribution < 1.29 is 4.79 Å². The molecule has 4 rings (SSSR count). The third-order valence-electron chi connectivity index (χ3n) is 4.48. The van der Waals surface area contributed by atoms with Crippen LogP contribution in [0.15, 0.2) is 36.7 Å². The van der Waals surface area contributed by atoms with Gasteiger partial charge in [0.2, 0.25) is 0 Å². The maximum absolute atomic E-state index is 12.4. The molecule has 0 atom stereocenters. The molecule has 1 aliphatic heterocycles. The number of piperidine rings is 1. The maximum atomic E-state index is 12.4. The molecule has 0 radical (unpaired) electrons. The lowest BCUT2D eigenvalue weighted by Gasteiger charge is -2.33. The summed E-state index contributed by atoms with van der Waals surface area (Å²) in [5.74, 6) is 0.748. The van der Waals surface area contributed by atoms with Crippen LogP contribution in [0.4, 0.5) is 5.82 Å². The molecule has 3 aromatic rings. The summed E-state index contributed by atoms with van der Waals surface area (Å²) in [6, 6.07) is 8.86. The van der Waals surface area contributed by atoms with Crippen LogP contribution in [0.2, 0.25) is 10.0 Å². The highest BCUT2D eigenvalue weighted by Crippen LogP contribution is 2.23. The second-order valence-corrected chi connectivity index (χ2v) is 7.00. The Morgan fingerprint density at radius 2 is 1.92 bits per heavy atom. The Labute approximate surface area is 159 Å². The highest BCUT2D eigenvalue weighted by Gasteiger charge is 2.22. The van der Waals surface area contributed by atoms with Crippen molar-refractivity contribution >= 4 is 40.6 Å². The number of rotatable bonds is 3. The fourth-order valence-corrected chi connectivity index (χ4v) is 3.34. The van der Waals surface area contributed by atoms with E-state index in [1.165, 1.54) is 0 Å². The number of fused-ring (bicyclic) bond motifs is 1. The predicted molar refractivity (Wildman–Crippen MR) is 99.9 cm³/mol. The van der Waals surface area contributed by atoms with Gasteiger partial charge in [-0.05, 0) is 43.2 Å². The molecular formula is C17H16Cl2N6O. The molecule has 7 nitrogen and oxygen atoms in total. The van der Waals surface area contributed by atoms with Crippen molar-refractivity contribution in [1.29, 1.82) is 0 Å². The summed E-state index contributed by atoms with van der Waals surface area (Å²) in [6.07, 6.45) is 3.27. The van der Waals surface area contributed by atoms with Crippen molar-refractivity contribution in [2.75, 3.05) is 18.0 Å². The van der Waals surface area contributed by atoms with E-state index in [0.717, 1.165) is 37.4 Å². The Morgan fingerprint density at radius 1 is 1.12 bits per heavy atom. The van der Waals surface area contributed by atoms with E-state index in [9.17, 15) is 4.79 Å². The van der Waals surface area contributed by atoms with Gasteiger partial charge in [-0.3, -0.25) is 4.79 Å². The summed E-state index contributed by atoms with van der Waals surface area (Å²) >= 11 is 11.9. The summed E-state index contributed by atoms with van der Waals surface area (Å²) in [7, 11) is 0. The second-order valence-electron chi connectivity index (χ2n) is 6.19. The topological polar surface area (TPSA) is 75.4 Å². The molecule has 2 aromatic heterocycles. The van der Waals surface area contributed by atoms with Gasteiger partial charge in [-0.25, -0.2) is 0 Å². The minimum Gasteiger partial charge on any atom is -0.355 e. The number of halogens is 2. The zero-order valence-corrected chi connectivity index (χ0v) is 15.3. The first-order chi connectivity index (χ1) is 12.6. The highest BCUT2D eigenvalue weighted by atomic mass is 35.5. The number of nitrogens with zero attached hydrogens (tertiary/aromatic N) is 5. The first-order valence-electron chi connectivity index (χ1n) is 8.28. The van der Waals surface area contributed by atoms with Gasteiger partial charge in [0.15, 0.2) is 5.65 Å². The van der Waals surface area contributed by atoms with E-state index >= 15 is 0 Å². The quantitative estimate of drug-likeness (QED) is 0.743. The molecule has 3 heterocycles. The van der Waals surface area contributed by atoms with Gasteiger partial charge in [0.1, 0.15) is 12.1 Å². The summed E-state index contributed by atoms with van der Waals surface area (Å²) in [4.78, 5) is 14.6. The van der Waals surface area contributed by atoms with Gasteiger partial charge in [0, 0.05) is 24.7 Å². The standard InChI is InChI=1S/C17H16Cl2N6O/c18-13-2-1-11(9-14(13)19)17(26)21-12-5-7-24(8-6-12)16-4-3-15-22-20-10-25(15)23-16/h1-4,9-10,12H,5-8H2,(H,21,26). The fraction of sp³-hybridized carbons (Fsp3) is 0.294. The van der Waals surface area contributed by atoms with Crippen LogP contribution in [0.1, 0.15) is 23.2 Å². The molecule has 1 aliphatic rings. The largest absolute Gasteiger partial charge is 0.355 e. The van der Waals surface area contributed by atoms with Crippen molar-refractivity contribution in [3.8, 4) is 0 Å². The number of nitrogens with one attached hydrogen (secondary N) is 1. The fourth-order valence-electron chi connectivity index (χ4n) is 3.05. The molecule has 1 amide bonds. The van der Waals surface area contributed by atoms with Crippen LogP contribution in [0.25, 0.3) is 5.65 Å². The van der Waals surface area contributed by atoms with Crippen molar-refractivity contribution in [2.24, 2.45) is 0 Å². The van der Waals surface area contributed by atoms with Crippen LogP contribution >= 0.6 is 23.2 Å². The molecule has 134 valence electrons. The molecule has 1 N–H and O–H groups in total. The average Bonchev–Trinajstić information content (AvgIpc) is 3.12. The van der Waals surface area contributed by atoms with Crippen LogP contribution < -0.4 is 10.2 Å². The second kappa shape index (κ2) is 7.09. The van der Waals surface area contributed by atoms with E-state index in [0.29, 0.717) is 15.6 Å². The monoisotopic (exact) mass is 390 g/mol. The lowest BCUT2D eigenvalue weighted by atomic mass is 10.0. The lowest BCUT2D eigenvalue weighted by Crippen LogP contribution is -2.45. The van der Waals surface area contributed by atoms with Gasteiger partial charge >= 0.3 is 0 Å². The van der Waals surface area contributed by atoms with Gasteiger partial charge < -0.3 is 10.2 Å². The summed E-state index contributed by atoms with van der Waals surface area (Å²) < 4.78 is 1.66. The molecule has 0 aliphatic carbocycles. The molecule has 0 unspecified atom stereocenters. The number of benzene rings is 1. The maximum Gasteiger partial charge on any atom is 0.251 e. The van der Waals surface area contributed by atoms with E-state index in [2.05, 4.69) is 25.5 Å².